The molecule has 0 N–H and O–H groups in total. The molecule has 2 aromatic rings. The first-order valence-corrected chi connectivity index (χ1v) is 10.1. The van der Waals surface area contributed by atoms with Crippen molar-refractivity contribution in [2.45, 2.75) is 32.4 Å². The number of carbonyl (C=O) groups is 2. The number of aryl methyl sites for hydroxylation is 1. The van der Waals surface area contributed by atoms with E-state index in [-0.39, 0.29) is 24.5 Å². The maximum Gasteiger partial charge on any atom is 0.256 e. The van der Waals surface area contributed by atoms with E-state index in [1.165, 1.54) is 12.8 Å². The number of hydrogen-bond acceptors (Lipinski definition) is 5. The minimum Gasteiger partial charge on any atom is -0.374 e. The van der Waals surface area contributed by atoms with Crippen LogP contribution in [0.5, 0.6) is 0 Å². The predicted molar refractivity (Wildman–Crippen MR) is 107 cm³/mol. The Hall–Kier alpha value is -2.80. The van der Waals surface area contributed by atoms with E-state index in [4.69, 9.17) is 4.74 Å². The number of pyridine rings is 2. The first-order chi connectivity index (χ1) is 14.1. The average Bonchev–Trinajstić information content (AvgIpc) is 3.56. The first-order valence-electron chi connectivity index (χ1n) is 10.1. The molecule has 2 amide bonds. The molecule has 1 aliphatic heterocycles. The molecule has 1 saturated carbocycles. The molecular weight excluding hydrogens is 368 g/mol. The fourth-order valence-corrected chi connectivity index (χ4v) is 3.54. The summed E-state index contributed by atoms with van der Waals surface area (Å²) in [5.41, 5.74) is 2.16. The number of hydrogen-bond donors (Lipinski definition) is 0. The Balaban J connectivity index is 1.53. The van der Waals surface area contributed by atoms with Gasteiger partial charge in [-0.1, -0.05) is 6.07 Å². The molecule has 0 radical (unpaired) electrons. The minimum absolute atomic E-state index is 0.0384. The highest BCUT2D eigenvalue weighted by Gasteiger charge is 2.33. The summed E-state index contributed by atoms with van der Waals surface area (Å²) < 4.78 is 6.13. The Labute approximate surface area is 170 Å². The van der Waals surface area contributed by atoms with E-state index >= 15 is 0 Å². The predicted octanol–water partition coefficient (Wildman–Crippen LogP) is 2.06. The largest absolute Gasteiger partial charge is 0.374 e. The molecule has 3 heterocycles. The van der Waals surface area contributed by atoms with E-state index in [2.05, 4.69) is 9.97 Å². The minimum atomic E-state index is -0.209. The number of amides is 2. The molecule has 2 aromatic heterocycles. The Morgan fingerprint density at radius 3 is 2.76 bits per heavy atom. The van der Waals surface area contributed by atoms with Crippen LogP contribution in [-0.2, 0) is 16.1 Å². The Bertz CT molecular complexity index is 869. The second-order valence-corrected chi connectivity index (χ2v) is 7.86. The molecule has 0 spiro atoms. The van der Waals surface area contributed by atoms with Gasteiger partial charge in [0.25, 0.3) is 5.91 Å². The summed E-state index contributed by atoms with van der Waals surface area (Å²) in [6.45, 7) is 3.86. The Morgan fingerprint density at radius 2 is 2.03 bits per heavy atom. The van der Waals surface area contributed by atoms with Crippen molar-refractivity contribution in [1.82, 2.24) is 19.8 Å². The van der Waals surface area contributed by atoms with Gasteiger partial charge >= 0.3 is 0 Å². The van der Waals surface area contributed by atoms with E-state index in [1.54, 1.807) is 40.5 Å². The average molecular weight is 394 g/mol. The molecule has 2 fully saturated rings. The maximum absolute atomic E-state index is 13.1. The van der Waals surface area contributed by atoms with Gasteiger partial charge in [-0.25, -0.2) is 0 Å². The van der Waals surface area contributed by atoms with Crippen molar-refractivity contribution in [2.24, 2.45) is 5.92 Å². The Kier molecular flexibility index (Phi) is 5.85. The Morgan fingerprint density at radius 1 is 1.21 bits per heavy atom. The number of nitrogens with zero attached hydrogens (tertiary/aromatic N) is 4. The van der Waals surface area contributed by atoms with Crippen molar-refractivity contribution in [2.75, 3.05) is 26.2 Å². The smallest absolute Gasteiger partial charge is 0.256 e. The highest BCUT2D eigenvalue weighted by Crippen LogP contribution is 2.29. The fraction of sp³-hybridized carbons (Fsp3) is 0.455. The van der Waals surface area contributed by atoms with Crippen LogP contribution in [0, 0.1) is 12.8 Å². The normalized spacial score (nSPS) is 19.9. The molecule has 1 saturated heterocycles. The van der Waals surface area contributed by atoms with E-state index < -0.39 is 0 Å². The molecule has 2 aliphatic rings. The molecule has 7 nitrogen and oxygen atoms in total. The van der Waals surface area contributed by atoms with E-state index in [0.717, 1.165) is 5.56 Å². The lowest BCUT2D eigenvalue weighted by Crippen LogP contribution is -2.40. The van der Waals surface area contributed by atoms with Gasteiger partial charge in [0.2, 0.25) is 5.91 Å². The van der Waals surface area contributed by atoms with Crippen LogP contribution in [-0.4, -0.2) is 63.9 Å². The molecule has 29 heavy (non-hydrogen) atoms. The molecule has 4 rings (SSSR count). The van der Waals surface area contributed by atoms with Crippen LogP contribution < -0.4 is 0 Å². The zero-order chi connectivity index (χ0) is 20.2. The molecule has 1 aliphatic carbocycles. The van der Waals surface area contributed by atoms with Crippen molar-refractivity contribution < 1.29 is 14.3 Å². The molecule has 0 bridgehead atoms. The summed E-state index contributed by atoms with van der Waals surface area (Å²) in [6, 6.07) is 7.32. The van der Waals surface area contributed by atoms with Crippen LogP contribution in [0.1, 0.15) is 34.5 Å². The second kappa shape index (κ2) is 8.69. The lowest BCUT2D eigenvalue weighted by molar-refractivity contribution is -0.132. The van der Waals surface area contributed by atoms with Crippen molar-refractivity contribution in [3.8, 4) is 0 Å². The summed E-state index contributed by atoms with van der Waals surface area (Å²) in [7, 11) is 0. The highest BCUT2D eigenvalue weighted by atomic mass is 16.5. The summed E-state index contributed by atoms with van der Waals surface area (Å²) in [5, 5.41) is 0. The number of carbonyl (C=O) groups excluding carboxylic acids is 2. The molecular formula is C22H26N4O3. The van der Waals surface area contributed by atoms with Gasteiger partial charge in [0, 0.05) is 50.5 Å². The SMILES string of the molecule is Cc1ncccc1C(=O)N1CC(=O)N(Cc2cccnc2)CC(OCC2CC2)C1. The van der Waals surface area contributed by atoms with E-state index in [1.807, 2.05) is 19.1 Å². The van der Waals surface area contributed by atoms with Crippen LogP contribution in [0.25, 0.3) is 0 Å². The van der Waals surface area contributed by atoms with Gasteiger partial charge in [0.05, 0.1) is 11.7 Å². The number of ether oxygens (including phenoxy) is 1. The topological polar surface area (TPSA) is 75.6 Å². The van der Waals surface area contributed by atoms with Gasteiger partial charge in [-0.05, 0) is 49.4 Å². The van der Waals surface area contributed by atoms with Crippen LogP contribution in [0.4, 0.5) is 0 Å². The third kappa shape index (κ3) is 4.98. The lowest BCUT2D eigenvalue weighted by atomic mass is 10.1. The van der Waals surface area contributed by atoms with Gasteiger partial charge < -0.3 is 14.5 Å². The van der Waals surface area contributed by atoms with Gasteiger partial charge in [0.1, 0.15) is 6.54 Å². The highest BCUT2D eigenvalue weighted by molar-refractivity contribution is 5.97. The lowest BCUT2D eigenvalue weighted by Gasteiger charge is -2.25. The van der Waals surface area contributed by atoms with E-state index in [0.29, 0.717) is 43.4 Å². The monoisotopic (exact) mass is 394 g/mol. The third-order valence-corrected chi connectivity index (χ3v) is 5.41. The summed E-state index contributed by atoms with van der Waals surface area (Å²) in [4.78, 5) is 37.8. The van der Waals surface area contributed by atoms with Gasteiger partial charge in [0.15, 0.2) is 0 Å². The van der Waals surface area contributed by atoms with Crippen molar-refractivity contribution in [3.63, 3.8) is 0 Å². The molecule has 1 unspecified atom stereocenters. The van der Waals surface area contributed by atoms with Crippen molar-refractivity contribution in [3.05, 3.63) is 59.7 Å². The fourth-order valence-electron chi connectivity index (χ4n) is 3.54. The molecule has 0 aromatic carbocycles. The zero-order valence-electron chi connectivity index (χ0n) is 16.7. The summed E-state index contributed by atoms with van der Waals surface area (Å²) in [6.07, 6.45) is 7.33. The van der Waals surface area contributed by atoms with Crippen LogP contribution in [0.15, 0.2) is 42.9 Å². The standard InChI is InChI=1S/C22H26N4O3/c1-16-20(5-3-9-24-16)22(28)26-13-19(29-15-17-6-7-17)12-25(21(27)14-26)11-18-4-2-8-23-10-18/h2-5,8-10,17,19H,6-7,11-15H2,1H3. The molecule has 1 atom stereocenters. The third-order valence-electron chi connectivity index (χ3n) is 5.41. The summed E-state index contributed by atoms with van der Waals surface area (Å²) >= 11 is 0. The molecule has 152 valence electrons. The van der Waals surface area contributed by atoms with Crippen molar-refractivity contribution >= 4 is 11.8 Å². The van der Waals surface area contributed by atoms with Crippen LogP contribution >= 0.6 is 0 Å². The maximum atomic E-state index is 13.1. The van der Waals surface area contributed by atoms with E-state index in [9.17, 15) is 9.59 Å². The zero-order valence-corrected chi connectivity index (χ0v) is 16.7. The van der Waals surface area contributed by atoms with Crippen molar-refractivity contribution in [1.29, 1.82) is 0 Å². The van der Waals surface area contributed by atoms with Crippen LogP contribution in [0.3, 0.4) is 0 Å². The quantitative estimate of drug-likeness (QED) is 0.750. The first kappa shape index (κ1) is 19.5. The number of aromatic nitrogens is 2. The van der Waals surface area contributed by atoms with Gasteiger partial charge in [-0.15, -0.1) is 0 Å². The van der Waals surface area contributed by atoms with Gasteiger partial charge in [-0.2, -0.15) is 0 Å². The summed E-state index contributed by atoms with van der Waals surface area (Å²) in [5.74, 6) is 0.360. The number of rotatable bonds is 6. The van der Waals surface area contributed by atoms with Gasteiger partial charge in [-0.3, -0.25) is 19.6 Å². The molecule has 7 heteroatoms. The second-order valence-electron chi connectivity index (χ2n) is 7.86. The van der Waals surface area contributed by atoms with Crippen LogP contribution in [0.2, 0.25) is 0 Å².